The van der Waals surface area contributed by atoms with E-state index in [1.807, 2.05) is 6.92 Å². The molecule has 2 aromatic rings. The lowest BCUT2D eigenvalue weighted by molar-refractivity contribution is 0.0351. The van der Waals surface area contributed by atoms with Crippen molar-refractivity contribution in [1.82, 2.24) is 14.7 Å². The van der Waals surface area contributed by atoms with Crippen molar-refractivity contribution in [3.8, 4) is 6.07 Å². The monoisotopic (exact) mass is 425 g/mol. The van der Waals surface area contributed by atoms with Gasteiger partial charge >= 0.3 is 0 Å². The molecule has 0 bridgehead atoms. The van der Waals surface area contributed by atoms with Crippen LogP contribution in [0.15, 0.2) is 35.6 Å². The number of nitrogens with zero attached hydrogens (tertiary/aromatic N) is 5. The molecule has 10 heteroatoms. The first-order valence-corrected chi connectivity index (χ1v) is 10.2. The molecular weight excluding hydrogens is 401 g/mol. The molecule has 3 unspecified atom stereocenters. The summed E-state index contributed by atoms with van der Waals surface area (Å²) >= 11 is 0. The quantitative estimate of drug-likeness (QED) is 0.733. The third-order valence-electron chi connectivity index (χ3n) is 5.61. The number of hydrogen-bond donors (Lipinski definition) is 2. The summed E-state index contributed by atoms with van der Waals surface area (Å²) in [5.41, 5.74) is 7.31. The summed E-state index contributed by atoms with van der Waals surface area (Å²) in [5.74, 6) is -1.02. The molecule has 9 nitrogen and oxygen atoms in total. The Morgan fingerprint density at radius 2 is 2.19 bits per heavy atom. The number of piperidine rings is 1. The van der Waals surface area contributed by atoms with Gasteiger partial charge in [0.1, 0.15) is 17.5 Å². The highest BCUT2D eigenvalue weighted by Gasteiger charge is 2.34. The van der Waals surface area contributed by atoms with Crippen LogP contribution in [0.4, 0.5) is 15.9 Å². The SMILES string of the molecule is CC1=NOC(CN2CCC(n3cc(C(N)=O)c(Nc4ccc(F)cc4)n3)C(C#N)C2)C1. The van der Waals surface area contributed by atoms with Crippen molar-refractivity contribution >= 4 is 23.1 Å². The van der Waals surface area contributed by atoms with Gasteiger partial charge < -0.3 is 15.9 Å². The average Bonchev–Trinajstić information content (AvgIpc) is 3.35. The van der Waals surface area contributed by atoms with Gasteiger partial charge in [-0.3, -0.25) is 14.4 Å². The van der Waals surface area contributed by atoms with Gasteiger partial charge in [0.05, 0.1) is 23.7 Å². The van der Waals surface area contributed by atoms with Crippen molar-refractivity contribution in [3.63, 3.8) is 0 Å². The Morgan fingerprint density at radius 3 is 2.84 bits per heavy atom. The topological polar surface area (TPSA) is 122 Å². The second-order valence-corrected chi connectivity index (χ2v) is 7.98. The number of carbonyl (C=O) groups is 1. The minimum Gasteiger partial charge on any atom is -0.391 e. The molecule has 1 saturated heterocycles. The van der Waals surface area contributed by atoms with E-state index in [1.54, 1.807) is 23.0 Å². The van der Waals surface area contributed by atoms with Gasteiger partial charge in [0, 0.05) is 37.9 Å². The highest BCUT2D eigenvalue weighted by molar-refractivity contribution is 5.98. The number of likely N-dealkylation sites (tertiary alicyclic amines) is 1. The van der Waals surface area contributed by atoms with E-state index < -0.39 is 5.91 Å². The molecule has 0 saturated carbocycles. The molecular formula is C21H24FN7O2. The van der Waals surface area contributed by atoms with Crippen LogP contribution < -0.4 is 11.1 Å². The maximum absolute atomic E-state index is 13.2. The lowest BCUT2D eigenvalue weighted by atomic mass is 9.93. The largest absolute Gasteiger partial charge is 0.391 e. The fraction of sp³-hybridized carbons (Fsp3) is 0.429. The molecule has 31 heavy (non-hydrogen) atoms. The summed E-state index contributed by atoms with van der Waals surface area (Å²) in [6, 6.07) is 7.91. The van der Waals surface area contributed by atoms with Crippen LogP contribution in [0.5, 0.6) is 0 Å². The number of rotatable bonds is 6. The maximum atomic E-state index is 13.2. The van der Waals surface area contributed by atoms with Crippen molar-refractivity contribution < 1.29 is 14.0 Å². The number of amides is 1. The molecule has 4 rings (SSSR count). The van der Waals surface area contributed by atoms with Crippen LogP contribution in [0.3, 0.4) is 0 Å². The van der Waals surface area contributed by atoms with Gasteiger partial charge in [-0.1, -0.05) is 5.16 Å². The number of oxime groups is 1. The van der Waals surface area contributed by atoms with Crippen LogP contribution in [0.1, 0.15) is 36.2 Å². The Kier molecular flexibility index (Phi) is 5.86. The van der Waals surface area contributed by atoms with Crippen LogP contribution in [0.25, 0.3) is 0 Å². The van der Waals surface area contributed by atoms with E-state index in [2.05, 4.69) is 26.5 Å². The first-order chi connectivity index (χ1) is 14.9. The van der Waals surface area contributed by atoms with Gasteiger partial charge in [-0.2, -0.15) is 10.4 Å². The third-order valence-corrected chi connectivity index (χ3v) is 5.61. The summed E-state index contributed by atoms with van der Waals surface area (Å²) in [5, 5.41) is 21.3. The van der Waals surface area contributed by atoms with Crippen molar-refractivity contribution in [3.05, 3.63) is 41.8 Å². The molecule has 3 heterocycles. The Hall–Kier alpha value is -3.45. The number of anilines is 2. The van der Waals surface area contributed by atoms with E-state index in [-0.39, 0.29) is 35.3 Å². The molecule has 3 atom stereocenters. The third kappa shape index (κ3) is 4.67. The number of primary amides is 1. The first kappa shape index (κ1) is 20.8. The zero-order valence-electron chi connectivity index (χ0n) is 17.2. The molecule has 2 aliphatic heterocycles. The van der Waals surface area contributed by atoms with Crippen molar-refractivity contribution in [2.45, 2.75) is 31.9 Å². The van der Waals surface area contributed by atoms with Gasteiger partial charge in [0.15, 0.2) is 5.82 Å². The number of nitriles is 1. The summed E-state index contributed by atoms with van der Waals surface area (Å²) < 4.78 is 14.8. The predicted octanol–water partition coefficient (Wildman–Crippen LogP) is 2.42. The smallest absolute Gasteiger partial charge is 0.254 e. The molecule has 0 spiro atoms. The fourth-order valence-corrected chi connectivity index (χ4v) is 4.07. The van der Waals surface area contributed by atoms with Crippen LogP contribution in [0.2, 0.25) is 0 Å². The Labute approximate surface area is 179 Å². The van der Waals surface area contributed by atoms with Crippen LogP contribution >= 0.6 is 0 Å². The van der Waals surface area contributed by atoms with Crippen LogP contribution in [-0.4, -0.2) is 52.0 Å². The lowest BCUT2D eigenvalue weighted by Crippen LogP contribution is -2.44. The molecule has 162 valence electrons. The minimum atomic E-state index is -0.629. The van der Waals surface area contributed by atoms with E-state index in [0.29, 0.717) is 18.7 Å². The number of carbonyl (C=O) groups excluding carboxylic acids is 1. The van der Waals surface area contributed by atoms with Gasteiger partial charge in [-0.15, -0.1) is 0 Å². The number of nitrogens with two attached hydrogens (primary N) is 1. The van der Waals surface area contributed by atoms with Crippen LogP contribution in [0, 0.1) is 23.1 Å². The second kappa shape index (κ2) is 8.73. The maximum Gasteiger partial charge on any atom is 0.254 e. The average molecular weight is 425 g/mol. The summed E-state index contributed by atoms with van der Waals surface area (Å²) in [6.45, 7) is 4.01. The molecule has 2 aliphatic rings. The number of halogens is 1. The lowest BCUT2D eigenvalue weighted by Gasteiger charge is -2.36. The number of benzene rings is 1. The van der Waals surface area contributed by atoms with E-state index in [1.165, 1.54) is 12.1 Å². The standard InChI is InChI=1S/C21H24FN7O2/c1-13-8-17(31-27-13)11-28-7-6-19(14(9-23)10-28)29-12-18(20(24)30)21(26-29)25-16-4-2-15(22)3-5-16/h2-5,12,14,17,19H,6-8,10-11H2,1H3,(H2,24,30)(H,25,26). The van der Waals surface area contributed by atoms with E-state index in [9.17, 15) is 14.4 Å². The molecule has 1 amide bonds. The zero-order chi connectivity index (χ0) is 22.0. The Bertz CT molecular complexity index is 1030. The van der Waals surface area contributed by atoms with Gasteiger partial charge in [0.2, 0.25) is 0 Å². The molecule has 1 aromatic carbocycles. The van der Waals surface area contributed by atoms with Gasteiger partial charge in [-0.05, 0) is 37.6 Å². The highest BCUT2D eigenvalue weighted by Crippen LogP contribution is 2.31. The van der Waals surface area contributed by atoms with E-state index >= 15 is 0 Å². The van der Waals surface area contributed by atoms with Gasteiger partial charge in [0.25, 0.3) is 5.91 Å². The van der Waals surface area contributed by atoms with Gasteiger partial charge in [-0.25, -0.2) is 4.39 Å². The zero-order valence-corrected chi connectivity index (χ0v) is 17.2. The number of hydrogen-bond acceptors (Lipinski definition) is 7. The predicted molar refractivity (Wildman–Crippen MR) is 112 cm³/mol. The van der Waals surface area contributed by atoms with Crippen molar-refractivity contribution in [2.24, 2.45) is 16.8 Å². The van der Waals surface area contributed by atoms with Crippen molar-refractivity contribution in [1.29, 1.82) is 5.26 Å². The molecule has 1 fully saturated rings. The molecule has 0 radical (unpaired) electrons. The second-order valence-electron chi connectivity index (χ2n) is 7.98. The van der Waals surface area contributed by atoms with E-state index in [0.717, 1.165) is 25.2 Å². The highest BCUT2D eigenvalue weighted by atomic mass is 19.1. The molecule has 0 aliphatic carbocycles. The Balaban J connectivity index is 1.48. The van der Waals surface area contributed by atoms with E-state index in [4.69, 9.17) is 10.6 Å². The Morgan fingerprint density at radius 1 is 1.42 bits per heavy atom. The molecule has 3 N–H and O–H groups in total. The number of nitrogens with one attached hydrogen (secondary N) is 1. The molecule has 1 aromatic heterocycles. The summed E-state index contributed by atoms with van der Waals surface area (Å²) in [6.07, 6.45) is 3.10. The van der Waals surface area contributed by atoms with Crippen molar-refractivity contribution in [2.75, 3.05) is 25.0 Å². The first-order valence-electron chi connectivity index (χ1n) is 10.2. The normalized spacial score (nSPS) is 23.6. The summed E-state index contributed by atoms with van der Waals surface area (Å²) in [4.78, 5) is 19.6. The van der Waals surface area contributed by atoms with Crippen LogP contribution in [-0.2, 0) is 4.84 Å². The summed E-state index contributed by atoms with van der Waals surface area (Å²) in [7, 11) is 0. The number of aromatic nitrogens is 2. The minimum absolute atomic E-state index is 0.0218. The fourth-order valence-electron chi connectivity index (χ4n) is 4.07.